The third-order valence-electron chi connectivity index (χ3n) is 3.70. The zero-order valence-corrected chi connectivity index (χ0v) is 13.1. The molecule has 0 aliphatic heterocycles. The molecule has 0 N–H and O–H groups in total. The van der Waals surface area contributed by atoms with E-state index < -0.39 is 0 Å². The van der Waals surface area contributed by atoms with Crippen molar-refractivity contribution in [2.75, 3.05) is 13.7 Å². The Bertz CT molecular complexity index is 853. The Kier molecular flexibility index (Phi) is 4.24. The summed E-state index contributed by atoms with van der Waals surface area (Å²) >= 11 is 0. The molecule has 23 heavy (non-hydrogen) atoms. The van der Waals surface area contributed by atoms with Gasteiger partial charge in [-0.1, -0.05) is 24.3 Å². The van der Waals surface area contributed by atoms with E-state index in [9.17, 15) is 4.79 Å². The molecule has 0 spiro atoms. The molecular weight excluding hydrogens is 290 g/mol. The van der Waals surface area contributed by atoms with Crippen molar-refractivity contribution in [3.63, 3.8) is 0 Å². The Balaban J connectivity index is 2.39. The van der Waals surface area contributed by atoms with E-state index in [1.165, 1.54) is 0 Å². The summed E-state index contributed by atoms with van der Waals surface area (Å²) in [4.78, 5) is 16.1. The highest BCUT2D eigenvalue weighted by molar-refractivity contribution is 6.01. The molecule has 0 aliphatic rings. The molecule has 0 saturated carbocycles. The summed E-state index contributed by atoms with van der Waals surface area (Å²) in [5, 5.41) is 2.02. The van der Waals surface area contributed by atoms with E-state index in [0.29, 0.717) is 34.9 Å². The van der Waals surface area contributed by atoms with Gasteiger partial charge in [-0.2, -0.15) is 0 Å². The number of carbonyl (C=O) groups excluding carboxylic acids is 1. The van der Waals surface area contributed by atoms with Gasteiger partial charge in [-0.3, -0.25) is 9.78 Å². The van der Waals surface area contributed by atoms with Crippen LogP contribution in [-0.2, 0) is 0 Å². The van der Waals surface area contributed by atoms with Crippen LogP contribution in [-0.4, -0.2) is 25.0 Å². The smallest absolute Gasteiger partial charge is 0.171 e. The van der Waals surface area contributed by atoms with E-state index >= 15 is 0 Å². The van der Waals surface area contributed by atoms with Crippen LogP contribution in [0.4, 0.5) is 0 Å². The van der Waals surface area contributed by atoms with E-state index in [1.54, 1.807) is 25.4 Å². The number of aldehydes is 1. The largest absolute Gasteiger partial charge is 0.493 e. The summed E-state index contributed by atoms with van der Waals surface area (Å²) in [5.41, 5.74) is 1.91. The Morgan fingerprint density at radius 1 is 1.13 bits per heavy atom. The second-order valence-corrected chi connectivity index (χ2v) is 4.99. The van der Waals surface area contributed by atoms with Crippen molar-refractivity contribution in [2.24, 2.45) is 0 Å². The van der Waals surface area contributed by atoms with Crippen molar-refractivity contribution in [1.82, 2.24) is 4.98 Å². The minimum atomic E-state index is 0.469. The summed E-state index contributed by atoms with van der Waals surface area (Å²) in [6.07, 6.45) is 2.56. The maximum absolute atomic E-state index is 11.6. The molecule has 0 fully saturated rings. The fourth-order valence-corrected chi connectivity index (χ4v) is 2.69. The second kappa shape index (κ2) is 6.48. The monoisotopic (exact) mass is 307 g/mol. The molecule has 4 heteroatoms. The third kappa shape index (κ3) is 2.63. The highest BCUT2D eigenvalue weighted by atomic mass is 16.5. The molecule has 0 radical (unpaired) electrons. The number of nitrogens with zero attached hydrogens (tertiary/aromatic N) is 1. The number of methoxy groups -OCH3 is 1. The van der Waals surface area contributed by atoms with Gasteiger partial charge in [-0.25, -0.2) is 0 Å². The molecule has 116 valence electrons. The number of ether oxygens (including phenoxy) is 2. The van der Waals surface area contributed by atoms with E-state index in [1.807, 2.05) is 37.3 Å². The van der Waals surface area contributed by atoms with Gasteiger partial charge in [0, 0.05) is 17.1 Å². The van der Waals surface area contributed by atoms with Gasteiger partial charge < -0.3 is 9.47 Å². The molecule has 3 rings (SSSR count). The quantitative estimate of drug-likeness (QED) is 0.665. The van der Waals surface area contributed by atoms with Crippen LogP contribution in [0.5, 0.6) is 11.5 Å². The number of hydrogen-bond donors (Lipinski definition) is 0. The van der Waals surface area contributed by atoms with Crippen molar-refractivity contribution >= 4 is 17.1 Å². The van der Waals surface area contributed by atoms with Crippen molar-refractivity contribution in [1.29, 1.82) is 0 Å². The lowest BCUT2D eigenvalue weighted by Gasteiger charge is -2.16. The van der Waals surface area contributed by atoms with Crippen molar-refractivity contribution < 1.29 is 14.3 Å². The lowest BCUT2D eigenvalue weighted by Crippen LogP contribution is -2.01. The molecule has 0 unspecified atom stereocenters. The predicted octanol–water partition coefficient (Wildman–Crippen LogP) is 4.12. The summed E-state index contributed by atoms with van der Waals surface area (Å²) in [6, 6.07) is 13.3. The van der Waals surface area contributed by atoms with Crippen molar-refractivity contribution in [3.8, 4) is 22.8 Å². The van der Waals surface area contributed by atoms with Crippen LogP contribution in [0.2, 0.25) is 0 Å². The molecule has 0 aliphatic carbocycles. The first-order valence-electron chi connectivity index (χ1n) is 7.43. The standard InChI is InChI=1S/C19H17NO3/c1-3-23-19-16(22-2)9-8-14(12-21)17(19)18-15-7-5-4-6-13(15)10-11-20-18/h4-12H,3H2,1-2H3. The van der Waals surface area contributed by atoms with Gasteiger partial charge in [0.2, 0.25) is 0 Å². The third-order valence-corrected chi connectivity index (χ3v) is 3.70. The van der Waals surface area contributed by atoms with Crippen LogP contribution < -0.4 is 9.47 Å². The van der Waals surface area contributed by atoms with Gasteiger partial charge in [0.05, 0.1) is 25.0 Å². The van der Waals surface area contributed by atoms with Crippen LogP contribution in [0.15, 0.2) is 48.7 Å². The van der Waals surface area contributed by atoms with Crippen LogP contribution in [0.1, 0.15) is 17.3 Å². The van der Waals surface area contributed by atoms with Crippen LogP contribution >= 0.6 is 0 Å². The highest BCUT2D eigenvalue weighted by Gasteiger charge is 2.19. The maximum Gasteiger partial charge on any atom is 0.171 e. The number of fused-ring (bicyclic) bond motifs is 1. The number of carbonyl (C=O) groups is 1. The number of hydrogen-bond acceptors (Lipinski definition) is 4. The van der Waals surface area contributed by atoms with Crippen LogP contribution in [0.3, 0.4) is 0 Å². The predicted molar refractivity (Wildman–Crippen MR) is 90.3 cm³/mol. The molecule has 0 atom stereocenters. The highest BCUT2D eigenvalue weighted by Crippen LogP contribution is 2.41. The number of benzene rings is 2. The molecule has 0 amide bonds. The van der Waals surface area contributed by atoms with E-state index in [-0.39, 0.29) is 0 Å². The molecule has 0 bridgehead atoms. The molecule has 0 saturated heterocycles. The summed E-state index contributed by atoms with van der Waals surface area (Å²) in [6.45, 7) is 2.36. The van der Waals surface area contributed by atoms with Crippen LogP contribution in [0, 0.1) is 0 Å². The van der Waals surface area contributed by atoms with Crippen molar-refractivity contribution in [3.05, 3.63) is 54.2 Å². The normalized spacial score (nSPS) is 10.5. The fourth-order valence-electron chi connectivity index (χ4n) is 2.69. The first-order valence-corrected chi connectivity index (χ1v) is 7.43. The molecular formula is C19H17NO3. The fraction of sp³-hybridized carbons (Fsp3) is 0.158. The Morgan fingerprint density at radius 3 is 2.70 bits per heavy atom. The van der Waals surface area contributed by atoms with Gasteiger partial charge in [0.15, 0.2) is 17.8 Å². The number of aromatic nitrogens is 1. The van der Waals surface area contributed by atoms with Gasteiger partial charge in [0.25, 0.3) is 0 Å². The average Bonchev–Trinajstić information content (AvgIpc) is 2.61. The zero-order chi connectivity index (χ0) is 16.2. The zero-order valence-electron chi connectivity index (χ0n) is 13.1. The first-order chi connectivity index (χ1) is 11.3. The molecule has 3 aromatic rings. The number of rotatable bonds is 5. The topological polar surface area (TPSA) is 48.4 Å². The second-order valence-electron chi connectivity index (χ2n) is 4.99. The minimum absolute atomic E-state index is 0.469. The summed E-state index contributed by atoms with van der Waals surface area (Å²) in [5.74, 6) is 1.13. The Labute approximate surface area is 134 Å². The van der Waals surface area contributed by atoms with Gasteiger partial charge in [-0.15, -0.1) is 0 Å². The summed E-state index contributed by atoms with van der Waals surface area (Å²) < 4.78 is 11.2. The lowest BCUT2D eigenvalue weighted by atomic mass is 9.98. The van der Waals surface area contributed by atoms with E-state index in [4.69, 9.17) is 9.47 Å². The average molecular weight is 307 g/mol. The van der Waals surface area contributed by atoms with Gasteiger partial charge >= 0.3 is 0 Å². The minimum Gasteiger partial charge on any atom is -0.493 e. The Hall–Kier alpha value is -2.88. The molecule has 1 heterocycles. The lowest BCUT2D eigenvalue weighted by molar-refractivity contribution is 0.112. The maximum atomic E-state index is 11.6. The van der Waals surface area contributed by atoms with Gasteiger partial charge in [-0.05, 0) is 30.5 Å². The number of pyridine rings is 1. The SMILES string of the molecule is CCOc1c(OC)ccc(C=O)c1-c1nccc2ccccc12. The molecule has 2 aromatic carbocycles. The van der Waals surface area contributed by atoms with E-state index in [0.717, 1.165) is 17.1 Å². The first kappa shape index (κ1) is 15.0. The van der Waals surface area contributed by atoms with E-state index in [2.05, 4.69) is 4.98 Å². The van der Waals surface area contributed by atoms with Crippen LogP contribution in [0.25, 0.3) is 22.0 Å². The Morgan fingerprint density at radius 2 is 1.96 bits per heavy atom. The summed E-state index contributed by atoms with van der Waals surface area (Å²) in [7, 11) is 1.58. The molecule has 1 aromatic heterocycles. The van der Waals surface area contributed by atoms with Gasteiger partial charge in [0.1, 0.15) is 0 Å². The van der Waals surface area contributed by atoms with Crippen molar-refractivity contribution in [2.45, 2.75) is 6.92 Å². The molecule has 4 nitrogen and oxygen atoms in total.